The predicted octanol–water partition coefficient (Wildman–Crippen LogP) is 4.90. The number of amides is 1. The van der Waals surface area contributed by atoms with Crippen molar-refractivity contribution in [1.82, 2.24) is 9.97 Å². The third-order valence-electron chi connectivity index (χ3n) is 3.93. The van der Waals surface area contributed by atoms with E-state index < -0.39 is 11.7 Å². The molecule has 9 heteroatoms. The summed E-state index contributed by atoms with van der Waals surface area (Å²) in [5.74, 6) is 1.57. The van der Waals surface area contributed by atoms with Gasteiger partial charge in [0.2, 0.25) is 5.95 Å². The van der Waals surface area contributed by atoms with Crippen molar-refractivity contribution >= 4 is 40.6 Å². The fourth-order valence-electron chi connectivity index (χ4n) is 2.59. The number of hydrogen-bond acceptors (Lipinski definition) is 8. The Morgan fingerprint density at radius 3 is 2.39 bits per heavy atom. The van der Waals surface area contributed by atoms with Gasteiger partial charge in [-0.2, -0.15) is 4.98 Å². The van der Waals surface area contributed by atoms with Crippen molar-refractivity contribution in [3.8, 4) is 5.75 Å². The van der Waals surface area contributed by atoms with Gasteiger partial charge in [0.15, 0.2) is 5.82 Å². The van der Waals surface area contributed by atoms with E-state index in [2.05, 4.69) is 25.9 Å². The highest BCUT2D eigenvalue weighted by Gasteiger charge is 2.16. The van der Waals surface area contributed by atoms with E-state index in [0.29, 0.717) is 28.8 Å². The van der Waals surface area contributed by atoms with Crippen LogP contribution in [0.25, 0.3) is 0 Å². The summed E-state index contributed by atoms with van der Waals surface area (Å²) in [7, 11) is 1.61. The average molecular weight is 422 g/mol. The number of carbonyl (C=O) groups is 1. The lowest BCUT2D eigenvalue weighted by Crippen LogP contribution is -2.27. The highest BCUT2D eigenvalue weighted by atomic mass is 16.6. The molecule has 0 aliphatic rings. The maximum atomic E-state index is 12.0. The molecule has 3 aromatic rings. The van der Waals surface area contributed by atoms with E-state index in [1.807, 2.05) is 30.3 Å². The van der Waals surface area contributed by atoms with Crippen molar-refractivity contribution in [2.45, 2.75) is 26.4 Å². The van der Waals surface area contributed by atoms with Crippen molar-refractivity contribution in [2.24, 2.45) is 0 Å². The minimum atomic E-state index is -0.581. The Kier molecular flexibility index (Phi) is 6.44. The zero-order valence-electron chi connectivity index (χ0n) is 17.9. The van der Waals surface area contributed by atoms with E-state index in [9.17, 15) is 4.79 Å². The molecule has 0 unspecified atom stereocenters. The lowest BCUT2D eigenvalue weighted by Gasteiger charge is -2.19. The van der Waals surface area contributed by atoms with Crippen molar-refractivity contribution in [3.05, 3.63) is 54.7 Å². The fraction of sp³-hybridized carbons (Fsp3) is 0.227. The van der Waals surface area contributed by atoms with Gasteiger partial charge in [0.25, 0.3) is 0 Å². The number of rotatable bonds is 6. The van der Waals surface area contributed by atoms with Crippen LogP contribution < -0.4 is 26.4 Å². The highest BCUT2D eigenvalue weighted by molar-refractivity contribution is 5.86. The van der Waals surface area contributed by atoms with Crippen LogP contribution in [0.5, 0.6) is 5.75 Å². The number of nitrogens with zero attached hydrogens (tertiary/aromatic N) is 2. The number of carbonyl (C=O) groups excluding carboxylic acids is 1. The number of benzene rings is 2. The van der Waals surface area contributed by atoms with Crippen LogP contribution in [0.2, 0.25) is 0 Å². The number of methoxy groups -OCH3 is 1. The van der Waals surface area contributed by atoms with Gasteiger partial charge in [-0.25, -0.2) is 9.78 Å². The Morgan fingerprint density at radius 1 is 1.00 bits per heavy atom. The summed E-state index contributed by atoms with van der Waals surface area (Å²) >= 11 is 0. The monoisotopic (exact) mass is 422 g/mol. The molecule has 2 aromatic carbocycles. The van der Waals surface area contributed by atoms with E-state index in [0.717, 1.165) is 11.4 Å². The Morgan fingerprint density at radius 2 is 1.71 bits per heavy atom. The van der Waals surface area contributed by atoms with Crippen LogP contribution in [0.1, 0.15) is 20.8 Å². The molecular formula is C22H26N6O3. The summed E-state index contributed by atoms with van der Waals surface area (Å²) < 4.78 is 10.4. The van der Waals surface area contributed by atoms with Crippen LogP contribution in [0.3, 0.4) is 0 Å². The average Bonchev–Trinajstić information content (AvgIpc) is 2.70. The van der Waals surface area contributed by atoms with Crippen LogP contribution >= 0.6 is 0 Å². The number of hydrogen-bond donors (Lipinski definition) is 4. The SMILES string of the molecule is COc1ccc(Nc2ncc(N)c(Nc3cccc(NC(=O)OC(C)(C)C)c3)n2)cc1. The van der Waals surface area contributed by atoms with Crippen LogP contribution in [0.4, 0.5) is 39.3 Å². The molecule has 0 spiro atoms. The number of nitrogen functional groups attached to an aromatic ring is 1. The quantitative estimate of drug-likeness (QED) is 0.442. The first-order valence-corrected chi connectivity index (χ1v) is 9.62. The van der Waals surface area contributed by atoms with Gasteiger partial charge in [0.1, 0.15) is 11.4 Å². The molecule has 0 atom stereocenters. The topological polar surface area (TPSA) is 123 Å². The van der Waals surface area contributed by atoms with Gasteiger partial charge in [-0.3, -0.25) is 5.32 Å². The van der Waals surface area contributed by atoms with Crippen molar-refractivity contribution in [3.63, 3.8) is 0 Å². The van der Waals surface area contributed by atoms with Crippen LogP contribution in [0, 0.1) is 0 Å². The molecule has 0 radical (unpaired) electrons. The third kappa shape index (κ3) is 6.49. The fourth-order valence-corrected chi connectivity index (χ4v) is 2.59. The smallest absolute Gasteiger partial charge is 0.412 e. The minimum absolute atomic E-state index is 0.380. The number of nitrogens with one attached hydrogen (secondary N) is 3. The van der Waals surface area contributed by atoms with E-state index in [1.165, 1.54) is 6.20 Å². The number of anilines is 6. The number of nitrogens with two attached hydrogens (primary N) is 1. The molecule has 5 N–H and O–H groups in total. The number of ether oxygens (including phenoxy) is 2. The third-order valence-corrected chi connectivity index (χ3v) is 3.93. The molecule has 0 aliphatic carbocycles. The van der Waals surface area contributed by atoms with Gasteiger partial charge in [-0.05, 0) is 63.2 Å². The molecule has 3 rings (SSSR count). The summed E-state index contributed by atoms with van der Waals surface area (Å²) in [4.78, 5) is 20.7. The van der Waals surface area contributed by atoms with E-state index in [-0.39, 0.29) is 0 Å². The summed E-state index contributed by atoms with van der Waals surface area (Å²) in [5, 5.41) is 8.98. The Bertz CT molecular complexity index is 1050. The first kappa shape index (κ1) is 21.7. The van der Waals surface area contributed by atoms with Crippen molar-refractivity contribution < 1.29 is 14.3 Å². The molecule has 9 nitrogen and oxygen atoms in total. The molecule has 0 fully saturated rings. The normalized spacial score (nSPS) is 10.8. The van der Waals surface area contributed by atoms with E-state index >= 15 is 0 Å². The first-order chi connectivity index (χ1) is 14.7. The van der Waals surface area contributed by atoms with Crippen molar-refractivity contribution in [1.29, 1.82) is 0 Å². The molecule has 0 saturated carbocycles. The lowest BCUT2D eigenvalue weighted by molar-refractivity contribution is 0.0636. The molecule has 162 valence electrons. The summed E-state index contributed by atoms with van der Waals surface area (Å²) in [6.07, 6.45) is 0.987. The molecular weight excluding hydrogens is 396 g/mol. The zero-order valence-corrected chi connectivity index (χ0v) is 17.9. The highest BCUT2D eigenvalue weighted by Crippen LogP contribution is 2.25. The number of aromatic nitrogens is 2. The predicted molar refractivity (Wildman–Crippen MR) is 122 cm³/mol. The second-order valence-corrected chi connectivity index (χ2v) is 7.68. The maximum absolute atomic E-state index is 12.0. The van der Waals surface area contributed by atoms with Crippen LogP contribution in [-0.4, -0.2) is 28.8 Å². The largest absolute Gasteiger partial charge is 0.497 e. The molecule has 0 aliphatic heterocycles. The van der Waals surface area contributed by atoms with E-state index in [1.54, 1.807) is 46.1 Å². The maximum Gasteiger partial charge on any atom is 0.412 e. The molecule has 1 aromatic heterocycles. The second kappa shape index (κ2) is 9.21. The molecule has 0 bridgehead atoms. The standard InChI is InChI=1S/C22H26N6O3/c1-22(2,3)31-21(29)27-16-7-5-6-15(12-16)25-19-18(23)13-24-20(28-19)26-14-8-10-17(30-4)11-9-14/h5-13H,23H2,1-4H3,(H,27,29)(H2,24,25,26,28). The summed E-state index contributed by atoms with van der Waals surface area (Å²) in [6.45, 7) is 5.42. The van der Waals surface area contributed by atoms with Gasteiger partial charge >= 0.3 is 6.09 Å². The second-order valence-electron chi connectivity index (χ2n) is 7.68. The minimum Gasteiger partial charge on any atom is -0.497 e. The Hall–Kier alpha value is -4.01. The summed E-state index contributed by atoms with van der Waals surface area (Å²) in [5.41, 5.74) is 7.90. The zero-order chi connectivity index (χ0) is 22.4. The summed E-state index contributed by atoms with van der Waals surface area (Å²) in [6, 6.07) is 14.5. The van der Waals surface area contributed by atoms with Crippen molar-refractivity contribution in [2.75, 3.05) is 28.8 Å². The van der Waals surface area contributed by atoms with Gasteiger partial charge in [0, 0.05) is 17.1 Å². The first-order valence-electron chi connectivity index (χ1n) is 9.62. The van der Waals surface area contributed by atoms with Crippen LogP contribution in [0.15, 0.2) is 54.7 Å². The van der Waals surface area contributed by atoms with Gasteiger partial charge in [-0.15, -0.1) is 0 Å². The molecule has 1 heterocycles. The van der Waals surface area contributed by atoms with Gasteiger partial charge in [-0.1, -0.05) is 6.07 Å². The molecule has 31 heavy (non-hydrogen) atoms. The molecule has 1 amide bonds. The Labute approximate surface area is 181 Å². The Balaban J connectivity index is 1.72. The molecule has 0 saturated heterocycles. The van der Waals surface area contributed by atoms with Gasteiger partial charge < -0.3 is 25.8 Å². The van der Waals surface area contributed by atoms with E-state index in [4.69, 9.17) is 15.2 Å². The van der Waals surface area contributed by atoms with Crippen LogP contribution in [-0.2, 0) is 4.74 Å². The van der Waals surface area contributed by atoms with Gasteiger partial charge in [0.05, 0.1) is 19.0 Å². The lowest BCUT2D eigenvalue weighted by atomic mass is 10.2.